The van der Waals surface area contributed by atoms with Gasteiger partial charge in [-0.15, -0.1) is 21.5 Å². The molecule has 1 N–H and O–H groups in total. The fourth-order valence-corrected chi connectivity index (χ4v) is 7.34. The van der Waals surface area contributed by atoms with E-state index in [0.29, 0.717) is 16.1 Å². The summed E-state index contributed by atoms with van der Waals surface area (Å²) in [5, 5.41) is 6.78. The summed E-state index contributed by atoms with van der Waals surface area (Å²) >= 11 is -1.29. The zero-order valence-electron chi connectivity index (χ0n) is 19.5. The summed E-state index contributed by atoms with van der Waals surface area (Å²) in [6.07, 6.45) is 0. The summed E-state index contributed by atoms with van der Waals surface area (Å²) in [5.41, 5.74) is 4.24. The molecule has 0 bridgehead atoms. The number of rotatable bonds is 9. The first-order valence-corrected chi connectivity index (χ1v) is 14.8. The molecule has 3 aromatic carbocycles. The van der Waals surface area contributed by atoms with E-state index in [2.05, 4.69) is 19.9 Å². The van der Waals surface area contributed by atoms with Crippen LogP contribution in [-0.2, 0) is 33.4 Å². The summed E-state index contributed by atoms with van der Waals surface area (Å²) in [6.45, 7) is 1.64. The van der Waals surface area contributed by atoms with E-state index in [1.165, 1.54) is 11.3 Å². The first-order valence-electron chi connectivity index (χ1n) is 11.2. The van der Waals surface area contributed by atoms with Gasteiger partial charge in [0.15, 0.2) is 15.1 Å². The number of aryl methyl sites for hydroxylation is 1. The largest absolute Gasteiger partial charge is 0.760 e. The molecule has 190 valence electrons. The zero-order chi connectivity index (χ0) is 26.0. The van der Waals surface area contributed by atoms with E-state index >= 15 is 0 Å². The van der Waals surface area contributed by atoms with E-state index in [9.17, 15) is 17.2 Å². The summed E-state index contributed by atoms with van der Waals surface area (Å²) in [5.74, 6) is -0.476. The van der Waals surface area contributed by atoms with Crippen LogP contribution < -0.4 is 4.72 Å². The highest BCUT2D eigenvalue weighted by Gasteiger charge is 2.37. The maximum Gasteiger partial charge on any atom is 0.241 e. The molecule has 5 aromatic rings. The fraction of sp³-hybridized carbons (Fsp3) is 0.160. The van der Waals surface area contributed by atoms with Crippen molar-refractivity contribution in [1.82, 2.24) is 19.9 Å². The van der Waals surface area contributed by atoms with Crippen LogP contribution in [0.3, 0.4) is 0 Å². The number of aromatic nitrogens is 3. The molecular formula is C25H21N4O5S3-. The smallest absolute Gasteiger partial charge is 0.241 e. The van der Waals surface area contributed by atoms with E-state index in [4.69, 9.17) is 4.42 Å². The van der Waals surface area contributed by atoms with Crippen molar-refractivity contribution in [3.05, 3.63) is 101 Å². The van der Waals surface area contributed by atoms with Crippen molar-refractivity contribution in [3.63, 3.8) is 0 Å². The van der Waals surface area contributed by atoms with Gasteiger partial charge >= 0.3 is 0 Å². The van der Waals surface area contributed by atoms with Crippen LogP contribution in [0.25, 0.3) is 21.3 Å². The average Bonchev–Trinajstić information content (AvgIpc) is 3.49. The second-order valence-corrected chi connectivity index (χ2v) is 12.3. The van der Waals surface area contributed by atoms with Crippen LogP contribution in [0, 0.1) is 6.92 Å². The van der Waals surface area contributed by atoms with Crippen molar-refractivity contribution in [1.29, 1.82) is 0 Å². The van der Waals surface area contributed by atoms with Crippen LogP contribution in [0.5, 0.6) is 0 Å². The highest BCUT2D eigenvalue weighted by atomic mass is 32.2. The summed E-state index contributed by atoms with van der Waals surface area (Å²) in [7, 11) is -3.92. The van der Waals surface area contributed by atoms with Gasteiger partial charge in [0.2, 0.25) is 11.8 Å². The maximum absolute atomic E-state index is 13.8. The third-order valence-electron chi connectivity index (χ3n) is 5.59. The van der Waals surface area contributed by atoms with Gasteiger partial charge in [0.25, 0.3) is 0 Å². The standard InChI is InChI=1S/C25H22N4O5S3/c1-16-6-5-7-17(12-16)15-37(32,33)23(24-29-28-22(34-24)14-26-36(30)31)25-27-20-11-10-19(13-21(20)35-25)18-8-3-2-4-9-18/h2-13,23,26H,14-15H2,1H3,(H,30,31)/p-1. The third kappa shape index (κ3) is 5.84. The minimum atomic E-state index is -3.92. The molecule has 37 heavy (non-hydrogen) atoms. The lowest BCUT2D eigenvalue weighted by molar-refractivity contribution is 0.440. The van der Waals surface area contributed by atoms with Gasteiger partial charge in [-0.3, -0.25) is 4.21 Å². The number of thiazole rings is 1. The first-order chi connectivity index (χ1) is 17.8. The number of nitrogens with zero attached hydrogens (tertiary/aromatic N) is 3. The summed E-state index contributed by atoms with van der Waals surface area (Å²) in [4.78, 5) is 4.63. The average molecular weight is 554 g/mol. The number of nitrogens with one attached hydrogen (secondary N) is 1. The number of sulfone groups is 1. The minimum absolute atomic E-state index is 0.0533. The molecule has 12 heteroatoms. The van der Waals surface area contributed by atoms with E-state index < -0.39 is 26.4 Å². The lowest BCUT2D eigenvalue weighted by Gasteiger charge is -2.12. The van der Waals surface area contributed by atoms with Crippen molar-refractivity contribution < 1.29 is 21.6 Å². The Balaban J connectivity index is 1.57. The van der Waals surface area contributed by atoms with Gasteiger partial charge in [-0.25, -0.2) is 18.1 Å². The van der Waals surface area contributed by atoms with Crippen molar-refractivity contribution in [2.45, 2.75) is 24.5 Å². The Hall–Kier alpha value is -3.29. The lowest BCUT2D eigenvalue weighted by atomic mass is 10.1. The number of fused-ring (bicyclic) bond motifs is 1. The number of hydrogen-bond acceptors (Lipinski definition) is 9. The Labute approximate surface area is 219 Å². The van der Waals surface area contributed by atoms with Crippen LogP contribution in [0.4, 0.5) is 0 Å². The van der Waals surface area contributed by atoms with Crippen molar-refractivity contribution in [2.75, 3.05) is 0 Å². The Kier molecular flexibility index (Phi) is 7.26. The molecule has 2 unspecified atom stereocenters. The second-order valence-electron chi connectivity index (χ2n) is 8.37. The fourth-order valence-electron chi connectivity index (χ4n) is 3.96. The van der Waals surface area contributed by atoms with Crippen LogP contribution >= 0.6 is 11.3 Å². The molecule has 0 saturated carbocycles. The highest BCUT2D eigenvalue weighted by molar-refractivity contribution is 7.91. The monoisotopic (exact) mass is 553 g/mol. The van der Waals surface area contributed by atoms with Crippen molar-refractivity contribution >= 4 is 42.7 Å². The second kappa shape index (κ2) is 10.6. The molecule has 2 heterocycles. The Morgan fingerprint density at radius 2 is 1.84 bits per heavy atom. The van der Waals surface area contributed by atoms with Gasteiger partial charge in [-0.1, -0.05) is 66.2 Å². The van der Waals surface area contributed by atoms with Gasteiger partial charge in [-0.05, 0) is 35.7 Å². The lowest BCUT2D eigenvalue weighted by Crippen LogP contribution is -2.17. The number of benzene rings is 3. The van der Waals surface area contributed by atoms with Crippen molar-refractivity contribution in [3.8, 4) is 11.1 Å². The van der Waals surface area contributed by atoms with E-state index in [-0.39, 0.29) is 24.1 Å². The molecule has 2 atom stereocenters. The molecule has 0 saturated heterocycles. The van der Waals surface area contributed by atoms with Crippen LogP contribution in [0.1, 0.15) is 33.2 Å². The highest BCUT2D eigenvalue weighted by Crippen LogP contribution is 2.38. The zero-order valence-corrected chi connectivity index (χ0v) is 22.0. The molecule has 2 aromatic heterocycles. The normalized spacial score (nSPS) is 13.6. The molecule has 0 fully saturated rings. The minimum Gasteiger partial charge on any atom is -0.760 e. The molecule has 0 amide bonds. The molecule has 0 aliphatic carbocycles. The van der Waals surface area contributed by atoms with E-state index in [0.717, 1.165) is 21.4 Å². The SMILES string of the molecule is Cc1cccc(CS(=O)(=O)C(c2nnc(CNS(=O)[O-])o2)c2nc3ccc(-c4ccccc4)cc3s2)c1. The van der Waals surface area contributed by atoms with Gasteiger partial charge in [0.05, 0.1) is 22.5 Å². The van der Waals surface area contributed by atoms with Crippen LogP contribution in [-0.4, -0.2) is 32.4 Å². The molecule has 0 aliphatic rings. The topological polar surface area (TPSA) is 138 Å². The van der Waals surface area contributed by atoms with Crippen molar-refractivity contribution in [2.24, 2.45) is 0 Å². The van der Waals surface area contributed by atoms with Gasteiger partial charge < -0.3 is 8.97 Å². The molecule has 5 rings (SSSR count). The Bertz CT molecular complexity index is 1680. The maximum atomic E-state index is 13.8. The number of hydrogen-bond donors (Lipinski definition) is 1. The molecule has 0 aliphatic heterocycles. The first kappa shape index (κ1) is 25.4. The Morgan fingerprint density at radius 1 is 1.03 bits per heavy atom. The quantitative estimate of drug-likeness (QED) is 0.268. The molecule has 9 nitrogen and oxygen atoms in total. The van der Waals surface area contributed by atoms with Gasteiger partial charge in [0, 0.05) is 11.3 Å². The van der Waals surface area contributed by atoms with Crippen LogP contribution in [0.15, 0.2) is 77.2 Å². The van der Waals surface area contributed by atoms with Crippen LogP contribution in [0.2, 0.25) is 0 Å². The van der Waals surface area contributed by atoms with E-state index in [1.54, 1.807) is 12.1 Å². The molecular weight excluding hydrogens is 532 g/mol. The van der Waals surface area contributed by atoms with Gasteiger partial charge in [0.1, 0.15) is 5.01 Å². The predicted octanol–water partition coefficient (Wildman–Crippen LogP) is 4.24. The van der Waals surface area contributed by atoms with Gasteiger partial charge in [-0.2, -0.15) is 0 Å². The molecule has 0 radical (unpaired) electrons. The third-order valence-corrected chi connectivity index (χ3v) is 9.08. The molecule has 0 spiro atoms. The Morgan fingerprint density at radius 3 is 2.59 bits per heavy atom. The summed E-state index contributed by atoms with van der Waals surface area (Å²) in [6, 6.07) is 22.9. The van der Waals surface area contributed by atoms with E-state index in [1.807, 2.05) is 67.6 Å². The predicted molar refractivity (Wildman–Crippen MR) is 141 cm³/mol. The summed E-state index contributed by atoms with van der Waals surface area (Å²) < 4.78 is 57.8.